The molecule has 0 aromatic heterocycles. The number of ether oxygens (including phenoxy) is 1. The fourth-order valence-corrected chi connectivity index (χ4v) is 2.84. The van der Waals surface area contributed by atoms with Crippen LogP contribution in [0, 0.1) is 10.1 Å². The Hall–Kier alpha value is -1.11. The summed E-state index contributed by atoms with van der Waals surface area (Å²) in [6.45, 7) is 0.0767. The highest BCUT2D eigenvalue weighted by atomic mass is 79.9. The van der Waals surface area contributed by atoms with Crippen LogP contribution in [0.1, 0.15) is 11.1 Å². The molecule has 21 heavy (non-hydrogen) atoms. The van der Waals surface area contributed by atoms with Crippen molar-refractivity contribution in [1.29, 1.82) is 0 Å². The van der Waals surface area contributed by atoms with Gasteiger partial charge in [-0.1, -0.05) is 55.6 Å². The molecule has 7 heteroatoms. The Morgan fingerprint density at radius 3 is 2.67 bits per heavy atom. The third-order valence-electron chi connectivity index (χ3n) is 2.81. The van der Waals surface area contributed by atoms with Gasteiger partial charge in [0, 0.05) is 21.4 Å². The van der Waals surface area contributed by atoms with Crippen LogP contribution in [0.4, 0.5) is 5.69 Å². The van der Waals surface area contributed by atoms with E-state index in [1.54, 1.807) is 18.2 Å². The Bertz CT molecular complexity index is 679. The molecule has 0 fully saturated rings. The average Bonchev–Trinajstić information content (AvgIpc) is 2.46. The molecule has 2 aromatic carbocycles. The number of hydrogen-bond acceptors (Lipinski definition) is 3. The van der Waals surface area contributed by atoms with Gasteiger partial charge in [0.1, 0.15) is 12.4 Å². The molecule has 0 aliphatic heterocycles. The zero-order chi connectivity index (χ0) is 15.4. The number of hydrogen-bond donors (Lipinski definition) is 0. The van der Waals surface area contributed by atoms with Crippen LogP contribution in [0.2, 0.25) is 5.02 Å². The van der Waals surface area contributed by atoms with E-state index in [0.717, 1.165) is 5.56 Å². The molecule has 0 spiro atoms. The average molecular weight is 435 g/mol. The molecule has 4 nitrogen and oxygen atoms in total. The molecular formula is C14H10Br2ClNO3. The molecule has 0 amide bonds. The first-order valence-electron chi connectivity index (χ1n) is 5.92. The van der Waals surface area contributed by atoms with E-state index in [1.165, 1.54) is 6.07 Å². The smallest absolute Gasteiger partial charge is 0.277 e. The van der Waals surface area contributed by atoms with E-state index < -0.39 is 4.92 Å². The van der Waals surface area contributed by atoms with E-state index in [-0.39, 0.29) is 12.3 Å². The zero-order valence-electron chi connectivity index (χ0n) is 10.7. The minimum Gasteiger partial charge on any atom is -0.487 e. The van der Waals surface area contributed by atoms with Gasteiger partial charge in [0.2, 0.25) is 0 Å². The first-order chi connectivity index (χ1) is 10.0. The molecule has 110 valence electrons. The van der Waals surface area contributed by atoms with Gasteiger partial charge >= 0.3 is 0 Å². The minimum absolute atomic E-state index is 0.0109. The van der Waals surface area contributed by atoms with Crippen molar-refractivity contribution in [2.75, 3.05) is 0 Å². The maximum absolute atomic E-state index is 11.1. The summed E-state index contributed by atoms with van der Waals surface area (Å²) in [5, 5.41) is 12.1. The van der Waals surface area contributed by atoms with Crippen molar-refractivity contribution in [2.24, 2.45) is 0 Å². The van der Waals surface area contributed by atoms with E-state index in [4.69, 9.17) is 16.3 Å². The number of benzene rings is 2. The molecule has 0 bridgehead atoms. The van der Waals surface area contributed by atoms with Crippen LogP contribution in [0.25, 0.3) is 0 Å². The van der Waals surface area contributed by atoms with Crippen LogP contribution in [0.15, 0.2) is 40.9 Å². The number of para-hydroxylation sites is 1. The normalized spacial score (nSPS) is 10.4. The van der Waals surface area contributed by atoms with Crippen molar-refractivity contribution in [2.45, 2.75) is 11.9 Å². The molecule has 0 aliphatic carbocycles. The van der Waals surface area contributed by atoms with E-state index in [2.05, 4.69) is 31.9 Å². The fourth-order valence-electron chi connectivity index (χ4n) is 1.80. The van der Waals surface area contributed by atoms with Gasteiger partial charge in [-0.25, -0.2) is 0 Å². The maximum atomic E-state index is 11.1. The molecule has 0 saturated heterocycles. The van der Waals surface area contributed by atoms with Crippen LogP contribution in [0.3, 0.4) is 0 Å². The Morgan fingerprint density at radius 1 is 1.24 bits per heavy atom. The van der Waals surface area contributed by atoms with Gasteiger partial charge in [0.15, 0.2) is 0 Å². The second kappa shape index (κ2) is 7.24. The van der Waals surface area contributed by atoms with Crippen LogP contribution < -0.4 is 4.74 Å². The van der Waals surface area contributed by atoms with Crippen LogP contribution in [-0.4, -0.2) is 4.92 Å². The van der Waals surface area contributed by atoms with Crippen LogP contribution in [-0.2, 0) is 11.9 Å². The van der Waals surface area contributed by atoms with E-state index in [9.17, 15) is 10.1 Å². The molecule has 0 aliphatic rings. The van der Waals surface area contributed by atoms with Crippen molar-refractivity contribution < 1.29 is 9.66 Å². The summed E-state index contributed by atoms with van der Waals surface area (Å²) in [5.41, 5.74) is 1.39. The predicted molar refractivity (Wildman–Crippen MR) is 89.2 cm³/mol. The molecule has 0 heterocycles. The number of alkyl halides is 1. The first-order valence-corrected chi connectivity index (χ1v) is 8.21. The summed E-state index contributed by atoms with van der Waals surface area (Å²) in [6, 6.07) is 10.3. The number of rotatable bonds is 5. The summed E-state index contributed by atoms with van der Waals surface area (Å²) >= 11 is 12.7. The largest absolute Gasteiger partial charge is 0.487 e. The topological polar surface area (TPSA) is 52.4 Å². The van der Waals surface area contributed by atoms with Crippen LogP contribution >= 0.6 is 43.5 Å². The van der Waals surface area contributed by atoms with E-state index >= 15 is 0 Å². The zero-order valence-corrected chi connectivity index (χ0v) is 14.6. The number of nitro benzene ring substituents is 1. The monoisotopic (exact) mass is 433 g/mol. The van der Waals surface area contributed by atoms with Crippen molar-refractivity contribution in [3.8, 4) is 5.75 Å². The Morgan fingerprint density at radius 2 is 2.00 bits per heavy atom. The van der Waals surface area contributed by atoms with Crippen molar-refractivity contribution >= 4 is 49.1 Å². The molecule has 0 saturated carbocycles. The van der Waals surface area contributed by atoms with E-state index in [0.29, 0.717) is 26.1 Å². The van der Waals surface area contributed by atoms with Gasteiger partial charge < -0.3 is 4.74 Å². The van der Waals surface area contributed by atoms with Crippen LogP contribution in [0.5, 0.6) is 5.75 Å². The van der Waals surface area contributed by atoms with Gasteiger partial charge in [-0.3, -0.25) is 10.1 Å². The lowest BCUT2D eigenvalue weighted by molar-refractivity contribution is -0.385. The minimum atomic E-state index is -0.429. The Labute approximate surface area is 143 Å². The van der Waals surface area contributed by atoms with Gasteiger partial charge in [-0.15, -0.1) is 0 Å². The molecule has 2 rings (SSSR count). The number of nitrogens with zero attached hydrogens (tertiary/aromatic N) is 1. The van der Waals surface area contributed by atoms with Gasteiger partial charge in [0.25, 0.3) is 5.69 Å². The highest BCUT2D eigenvalue weighted by molar-refractivity contribution is 9.10. The lowest BCUT2D eigenvalue weighted by atomic mass is 10.2. The summed E-state index contributed by atoms with van der Waals surface area (Å²) in [5.74, 6) is 0.535. The number of halogens is 3. The van der Waals surface area contributed by atoms with Gasteiger partial charge in [-0.2, -0.15) is 0 Å². The highest BCUT2D eigenvalue weighted by Crippen LogP contribution is 2.32. The van der Waals surface area contributed by atoms with Gasteiger partial charge in [0.05, 0.1) is 15.5 Å². The third kappa shape index (κ3) is 3.96. The molecule has 0 unspecified atom stereocenters. The second-order valence-corrected chi connectivity index (χ2v) is 6.06. The summed E-state index contributed by atoms with van der Waals surface area (Å²) in [4.78, 5) is 10.6. The van der Waals surface area contributed by atoms with Crippen molar-refractivity contribution in [3.63, 3.8) is 0 Å². The Kier molecular flexibility index (Phi) is 5.61. The number of nitro groups is 1. The Balaban J connectivity index is 2.27. The standard InChI is InChI=1S/C14H10Br2ClNO3/c15-7-9-2-1-3-12(17)14(9)21-8-10-4-5-11(16)6-13(10)18(19)20/h1-6H,7-8H2. The molecular weight excluding hydrogens is 425 g/mol. The van der Waals surface area contributed by atoms with Crippen molar-refractivity contribution in [1.82, 2.24) is 0 Å². The highest BCUT2D eigenvalue weighted by Gasteiger charge is 2.16. The lowest BCUT2D eigenvalue weighted by Gasteiger charge is -2.12. The summed E-state index contributed by atoms with van der Waals surface area (Å²) in [7, 11) is 0. The first kappa shape index (κ1) is 16.3. The molecule has 0 radical (unpaired) electrons. The molecule has 0 atom stereocenters. The SMILES string of the molecule is O=[N+]([O-])c1cc(Br)ccc1COc1c(Cl)cccc1CBr. The second-order valence-electron chi connectivity index (χ2n) is 4.18. The lowest BCUT2D eigenvalue weighted by Crippen LogP contribution is -2.02. The quantitative estimate of drug-likeness (QED) is 0.355. The molecule has 0 N–H and O–H groups in total. The third-order valence-corrected chi connectivity index (χ3v) is 4.20. The summed E-state index contributed by atoms with van der Waals surface area (Å²) in [6.07, 6.45) is 0. The van der Waals surface area contributed by atoms with Gasteiger partial charge in [-0.05, 0) is 18.2 Å². The summed E-state index contributed by atoms with van der Waals surface area (Å²) < 4.78 is 6.34. The molecule has 2 aromatic rings. The maximum Gasteiger partial charge on any atom is 0.277 e. The fraction of sp³-hybridized carbons (Fsp3) is 0.143. The van der Waals surface area contributed by atoms with Crippen molar-refractivity contribution in [3.05, 3.63) is 67.1 Å². The predicted octanol–water partition coefficient (Wildman–Crippen LogP) is 5.48. The van der Waals surface area contributed by atoms with E-state index in [1.807, 2.05) is 12.1 Å².